The molecule has 2 heterocycles. The van der Waals surface area contributed by atoms with E-state index in [-0.39, 0.29) is 24.4 Å². The van der Waals surface area contributed by atoms with E-state index in [2.05, 4.69) is 10.3 Å². The molecule has 2 aromatic rings. The van der Waals surface area contributed by atoms with Crippen LogP contribution in [-0.4, -0.2) is 34.8 Å². The number of rotatable bonds is 5. The molecular formula is C19H21N3O2. The molecule has 1 saturated heterocycles. The number of nitrogens with one attached hydrogen (secondary N) is 1. The second kappa shape index (κ2) is 7.73. The van der Waals surface area contributed by atoms with Gasteiger partial charge < -0.3 is 10.2 Å². The first-order chi connectivity index (χ1) is 11.7. The number of piperidine rings is 1. The van der Waals surface area contributed by atoms with Crippen LogP contribution in [0.1, 0.15) is 36.4 Å². The first kappa shape index (κ1) is 16.2. The molecule has 1 aliphatic heterocycles. The number of likely N-dealkylation sites (tertiary alicyclic amines) is 1. The minimum atomic E-state index is -0.249. The summed E-state index contributed by atoms with van der Waals surface area (Å²) in [4.78, 5) is 30.1. The number of aromatic nitrogens is 1. The van der Waals surface area contributed by atoms with Crippen molar-refractivity contribution in [3.05, 3.63) is 66.0 Å². The fourth-order valence-corrected chi connectivity index (χ4v) is 2.97. The molecule has 0 radical (unpaired) electrons. The molecule has 0 spiro atoms. The lowest BCUT2D eigenvalue weighted by molar-refractivity contribution is -0.137. The summed E-state index contributed by atoms with van der Waals surface area (Å²) in [5, 5.41) is 3.06. The minimum Gasteiger partial charge on any atom is -0.344 e. The van der Waals surface area contributed by atoms with Crippen LogP contribution >= 0.6 is 0 Å². The van der Waals surface area contributed by atoms with E-state index < -0.39 is 0 Å². The maximum absolute atomic E-state index is 12.5. The predicted molar refractivity (Wildman–Crippen MR) is 91.1 cm³/mol. The summed E-state index contributed by atoms with van der Waals surface area (Å²) in [5.41, 5.74) is 1.97. The third-order valence-corrected chi connectivity index (χ3v) is 4.23. The largest absolute Gasteiger partial charge is 0.344 e. The maximum atomic E-state index is 12.5. The van der Waals surface area contributed by atoms with E-state index in [1.165, 1.54) is 0 Å². The highest BCUT2D eigenvalue weighted by Crippen LogP contribution is 2.21. The van der Waals surface area contributed by atoms with Crippen molar-refractivity contribution in [2.45, 2.75) is 25.3 Å². The summed E-state index contributed by atoms with van der Waals surface area (Å²) < 4.78 is 0. The molecule has 124 valence electrons. The normalized spacial score (nSPS) is 15.8. The molecule has 0 saturated carbocycles. The Morgan fingerprint density at radius 3 is 2.50 bits per heavy atom. The van der Waals surface area contributed by atoms with E-state index in [0.29, 0.717) is 13.0 Å². The van der Waals surface area contributed by atoms with Crippen LogP contribution in [0.3, 0.4) is 0 Å². The molecule has 1 aromatic carbocycles. The predicted octanol–water partition coefficient (Wildman–Crippen LogP) is 2.30. The van der Waals surface area contributed by atoms with Gasteiger partial charge in [-0.05, 0) is 36.1 Å². The van der Waals surface area contributed by atoms with Crippen LogP contribution in [0.2, 0.25) is 0 Å². The molecule has 0 bridgehead atoms. The quantitative estimate of drug-likeness (QED) is 0.918. The Labute approximate surface area is 141 Å². The number of amides is 2. The number of benzene rings is 1. The summed E-state index contributed by atoms with van der Waals surface area (Å²) in [5.74, 6) is -0.0764. The van der Waals surface area contributed by atoms with Crippen molar-refractivity contribution in [1.29, 1.82) is 0 Å². The molecule has 1 aliphatic rings. The van der Waals surface area contributed by atoms with Crippen LogP contribution in [0.25, 0.3) is 0 Å². The summed E-state index contributed by atoms with van der Waals surface area (Å²) in [7, 11) is 0. The second-order valence-corrected chi connectivity index (χ2v) is 5.96. The van der Waals surface area contributed by atoms with E-state index in [1.54, 1.807) is 17.3 Å². The van der Waals surface area contributed by atoms with Crippen LogP contribution in [0.4, 0.5) is 0 Å². The molecule has 24 heavy (non-hydrogen) atoms. The van der Waals surface area contributed by atoms with Crippen molar-refractivity contribution in [3.8, 4) is 0 Å². The average molecular weight is 323 g/mol. The standard InChI is InChI=1S/C19H21N3O2/c23-17(14-22-13-5-4-8-18(22)24)21-19(15-6-2-1-3-7-15)16-9-11-20-12-10-16/h1-3,6-7,9-12,19H,4-5,8,13-14H2,(H,21,23)/t19-/m1/s1. The molecule has 5 heteroatoms. The second-order valence-electron chi connectivity index (χ2n) is 5.96. The summed E-state index contributed by atoms with van der Waals surface area (Å²) in [6, 6.07) is 13.3. The molecule has 5 nitrogen and oxygen atoms in total. The fourth-order valence-electron chi connectivity index (χ4n) is 2.97. The van der Waals surface area contributed by atoms with Gasteiger partial charge in [0.15, 0.2) is 0 Å². The van der Waals surface area contributed by atoms with Crippen molar-refractivity contribution in [2.75, 3.05) is 13.1 Å². The van der Waals surface area contributed by atoms with Gasteiger partial charge in [0, 0.05) is 25.4 Å². The molecule has 3 rings (SSSR count). The van der Waals surface area contributed by atoms with Gasteiger partial charge in [0.1, 0.15) is 0 Å². The number of carbonyl (C=O) groups excluding carboxylic acids is 2. The molecule has 0 aliphatic carbocycles. The van der Waals surface area contributed by atoms with Crippen molar-refractivity contribution in [2.24, 2.45) is 0 Å². The van der Waals surface area contributed by atoms with Crippen LogP contribution < -0.4 is 5.32 Å². The average Bonchev–Trinajstić information content (AvgIpc) is 2.63. The molecule has 1 N–H and O–H groups in total. The van der Waals surface area contributed by atoms with E-state index in [4.69, 9.17) is 0 Å². The Morgan fingerprint density at radius 2 is 1.79 bits per heavy atom. The molecular weight excluding hydrogens is 302 g/mol. The Morgan fingerprint density at radius 1 is 1.08 bits per heavy atom. The number of hydrogen-bond donors (Lipinski definition) is 1. The molecule has 1 atom stereocenters. The minimum absolute atomic E-state index is 0.0663. The number of pyridine rings is 1. The lowest BCUT2D eigenvalue weighted by Crippen LogP contribution is -2.44. The highest BCUT2D eigenvalue weighted by Gasteiger charge is 2.23. The number of carbonyl (C=O) groups is 2. The topological polar surface area (TPSA) is 62.3 Å². The molecule has 0 unspecified atom stereocenters. The molecule has 1 aromatic heterocycles. The van der Waals surface area contributed by atoms with Crippen molar-refractivity contribution in [1.82, 2.24) is 15.2 Å². The molecule has 2 amide bonds. The number of hydrogen-bond acceptors (Lipinski definition) is 3. The Bertz CT molecular complexity index is 649. The third kappa shape index (κ3) is 3.98. The van der Waals surface area contributed by atoms with Crippen LogP contribution in [-0.2, 0) is 9.59 Å². The van der Waals surface area contributed by atoms with Gasteiger partial charge in [-0.3, -0.25) is 14.6 Å². The van der Waals surface area contributed by atoms with Gasteiger partial charge in [-0.25, -0.2) is 0 Å². The third-order valence-electron chi connectivity index (χ3n) is 4.23. The smallest absolute Gasteiger partial charge is 0.240 e. The highest BCUT2D eigenvalue weighted by molar-refractivity contribution is 5.85. The zero-order valence-corrected chi connectivity index (χ0v) is 13.5. The Kier molecular flexibility index (Phi) is 5.21. The van der Waals surface area contributed by atoms with Crippen LogP contribution in [0.5, 0.6) is 0 Å². The zero-order chi connectivity index (χ0) is 16.8. The van der Waals surface area contributed by atoms with Gasteiger partial charge >= 0.3 is 0 Å². The van der Waals surface area contributed by atoms with Crippen molar-refractivity contribution in [3.63, 3.8) is 0 Å². The summed E-state index contributed by atoms with van der Waals surface area (Å²) >= 11 is 0. The maximum Gasteiger partial charge on any atom is 0.240 e. The van der Waals surface area contributed by atoms with E-state index in [0.717, 1.165) is 24.0 Å². The van der Waals surface area contributed by atoms with Crippen molar-refractivity contribution >= 4 is 11.8 Å². The van der Waals surface area contributed by atoms with E-state index in [9.17, 15) is 9.59 Å². The van der Waals surface area contributed by atoms with Crippen molar-refractivity contribution < 1.29 is 9.59 Å². The monoisotopic (exact) mass is 323 g/mol. The van der Waals surface area contributed by atoms with Gasteiger partial charge in [0.25, 0.3) is 0 Å². The summed E-state index contributed by atoms with van der Waals surface area (Å²) in [6.45, 7) is 0.783. The lowest BCUT2D eigenvalue weighted by Gasteiger charge is -2.27. The molecule has 1 fully saturated rings. The van der Waals surface area contributed by atoms with Gasteiger partial charge in [-0.2, -0.15) is 0 Å². The first-order valence-corrected chi connectivity index (χ1v) is 8.26. The van der Waals surface area contributed by atoms with Crippen LogP contribution in [0, 0.1) is 0 Å². The number of nitrogens with zero attached hydrogens (tertiary/aromatic N) is 2. The highest BCUT2D eigenvalue weighted by atomic mass is 16.2. The first-order valence-electron chi connectivity index (χ1n) is 8.26. The zero-order valence-electron chi connectivity index (χ0n) is 13.5. The summed E-state index contributed by atoms with van der Waals surface area (Å²) in [6.07, 6.45) is 5.85. The Hall–Kier alpha value is -2.69. The lowest BCUT2D eigenvalue weighted by atomic mass is 9.99. The fraction of sp³-hybridized carbons (Fsp3) is 0.316. The van der Waals surface area contributed by atoms with Gasteiger partial charge in [-0.15, -0.1) is 0 Å². The van der Waals surface area contributed by atoms with Gasteiger partial charge in [-0.1, -0.05) is 30.3 Å². The van der Waals surface area contributed by atoms with Gasteiger partial charge in [0.2, 0.25) is 11.8 Å². The van der Waals surface area contributed by atoms with E-state index >= 15 is 0 Å². The SMILES string of the molecule is O=C(CN1CCCCC1=O)N[C@H](c1ccccc1)c1ccncc1. The Balaban J connectivity index is 1.74. The van der Waals surface area contributed by atoms with E-state index in [1.807, 2.05) is 42.5 Å². The van der Waals surface area contributed by atoms with Gasteiger partial charge in [0.05, 0.1) is 12.6 Å². The van der Waals surface area contributed by atoms with Crippen LogP contribution in [0.15, 0.2) is 54.9 Å².